The molecule has 128 valence electrons. The monoisotopic (exact) mass is 398 g/mol. The molecule has 1 fully saturated rings. The van der Waals surface area contributed by atoms with Crippen LogP contribution in [0, 0.1) is 17.8 Å². The van der Waals surface area contributed by atoms with Crippen LogP contribution in [0.5, 0.6) is 5.75 Å². The maximum atomic E-state index is 6.37. The topological polar surface area (TPSA) is 9.23 Å². The van der Waals surface area contributed by atoms with Crippen LogP contribution in [-0.4, -0.2) is 17.3 Å². The first-order valence-electron chi connectivity index (χ1n) is 8.63. The van der Waals surface area contributed by atoms with Crippen LogP contribution in [0.15, 0.2) is 30.3 Å². The van der Waals surface area contributed by atoms with E-state index in [1.807, 2.05) is 6.08 Å². The van der Waals surface area contributed by atoms with Gasteiger partial charge in [-0.1, -0.05) is 61.3 Å². The molecular weight excluding hydrogens is 372 g/mol. The Morgan fingerprint density at radius 2 is 2.00 bits per heavy atom. The summed E-state index contributed by atoms with van der Waals surface area (Å²) in [4.78, 5) is 0. The van der Waals surface area contributed by atoms with Crippen LogP contribution in [0.25, 0.3) is 5.57 Å². The summed E-state index contributed by atoms with van der Waals surface area (Å²) in [6, 6.07) is 8.45. The summed E-state index contributed by atoms with van der Waals surface area (Å²) in [6.45, 7) is 6.98. The van der Waals surface area contributed by atoms with Gasteiger partial charge in [0, 0.05) is 11.2 Å². The molecule has 1 saturated carbocycles. The molecule has 0 aliphatic heterocycles. The van der Waals surface area contributed by atoms with Crippen LogP contribution in [0.3, 0.4) is 0 Å². The lowest BCUT2D eigenvalue weighted by molar-refractivity contribution is 0.0460. The van der Waals surface area contributed by atoms with E-state index in [4.69, 9.17) is 16.3 Å². The summed E-state index contributed by atoms with van der Waals surface area (Å²) in [5.41, 5.74) is 2.42. The van der Waals surface area contributed by atoms with Gasteiger partial charge in [0.05, 0.1) is 0 Å². The molecule has 3 heteroatoms. The van der Waals surface area contributed by atoms with Gasteiger partial charge in [0.15, 0.2) is 0 Å². The van der Waals surface area contributed by atoms with Gasteiger partial charge in [0.1, 0.15) is 11.9 Å². The van der Waals surface area contributed by atoms with Gasteiger partial charge in [0.25, 0.3) is 0 Å². The summed E-state index contributed by atoms with van der Waals surface area (Å²) in [5.74, 6) is 3.63. The highest BCUT2D eigenvalue weighted by atomic mass is 79.9. The predicted octanol–water partition coefficient (Wildman–Crippen LogP) is 6.54. The molecule has 1 aromatic carbocycles. The second kappa shape index (κ2) is 9.13. The molecule has 0 heterocycles. The molecule has 3 atom stereocenters. The first-order chi connectivity index (χ1) is 11.0. The van der Waals surface area contributed by atoms with E-state index in [2.05, 4.69) is 61.0 Å². The fourth-order valence-electron chi connectivity index (χ4n) is 3.52. The van der Waals surface area contributed by atoms with Crippen LogP contribution in [0.2, 0.25) is 0 Å². The molecule has 0 spiro atoms. The molecule has 0 bridgehead atoms. The number of benzene rings is 1. The smallest absolute Gasteiger partial charge is 0.119 e. The number of hydrogen-bond acceptors (Lipinski definition) is 1. The standard InChI is InChI=1S/C20H28BrClO/c1-14(2)19-9-4-15(3)12-20(19)23-18-7-5-16(6-8-18)17(13-21)10-11-22/h5-8,10,14-15,19-20H,4,9,11-13H2,1-3H3/b17-10+/t15-,19+,20-/m1/s1. The van der Waals surface area contributed by atoms with Gasteiger partial charge in [-0.25, -0.2) is 0 Å². The Bertz CT molecular complexity index is 509. The van der Waals surface area contributed by atoms with E-state index >= 15 is 0 Å². The normalized spacial score (nSPS) is 25.7. The Balaban J connectivity index is 2.08. The molecule has 1 aliphatic carbocycles. The van der Waals surface area contributed by atoms with Crippen molar-refractivity contribution in [2.45, 2.75) is 46.1 Å². The predicted molar refractivity (Wildman–Crippen MR) is 105 cm³/mol. The third-order valence-electron chi connectivity index (χ3n) is 4.94. The van der Waals surface area contributed by atoms with Crippen molar-refractivity contribution in [1.29, 1.82) is 0 Å². The Kier molecular flexibility index (Phi) is 7.49. The van der Waals surface area contributed by atoms with Crippen molar-refractivity contribution in [3.8, 4) is 5.75 Å². The molecular formula is C20H28BrClO. The average Bonchev–Trinajstić information content (AvgIpc) is 2.53. The average molecular weight is 400 g/mol. The van der Waals surface area contributed by atoms with Crippen LogP contribution < -0.4 is 4.74 Å². The van der Waals surface area contributed by atoms with Crippen molar-refractivity contribution in [2.75, 3.05) is 11.2 Å². The zero-order valence-electron chi connectivity index (χ0n) is 14.4. The summed E-state index contributed by atoms with van der Waals surface area (Å²) >= 11 is 9.35. The summed E-state index contributed by atoms with van der Waals surface area (Å²) in [6.07, 6.45) is 6.18. The van der Waals surface area contributed by atoms with Crippen molar-refractivity contribution < 1.29 is 4.74 Å². The van der Waals surface area contributed by atoms with E-state index in [0.717, 1.165) is 17.0 Å². The molecule has 0 N–H and O–H groups in total. The van der Waals surface area contributed by atoms with Crippen LogP contribution >= 0.6 is 27.5 Å². The molecule has 1 aliphatic rings. The van der Waals surface area contributed by atoms with E-state index in [-0.39, 0.29) is 0 Å². The van der Waals surface area contributed by atoms with Gasteiger partial charge in [-0.3, -0.25) is 0 Å². The van der Waals surface area contributed by atoms with Crippen molar-refractivity contribution in [1.82, 2.24) is 0 Å². The second-order valence-electron chi connectivity index (χ2n) is 7.02. The first kappa shape index (κ1) is 18.9. The van der Waals surface area contributed by atoms with E-state index in [1.165, 1.54) is 30.4 Å². The molecule has 1 aromatic rings. The third-order valence-corrected chi connectivity index (χ3v) is 5.70. The minimum Gasteiger partial charge on any atom is -0.490 e. The molecule has 0 unspecified atom stereocenters. The quantitative estimate of drug-likeness (QED) is 0.493. The molecule has 0 radical (unpaired) electrons. The Morgan fingerprint density at radius 3 is 2.57 bits per heavy atom. The molecule has 1 nitrogen and oxygen atoms in total. The fraction of sp³-hybridized carbons (Fsp3) is 0.600. The highest BCUT2D eigenvalue weighted by Gasteiger charge is 2.32. The highest BCUT2D eigenvalue weighted by molar-refractivity contribution is 9.09. The second-order valence-corrected chi connectivity index (χ2v) is 7.89. The van der Waals surface area contributed by atoms with E-state index in [0.29, 0.717) is 23.8 Å². The zero-order chi connectivity index (χ0) is 16.8. The van der Waals surface area contributed by atoms with Crippen molar-refractivity contribution in [2.24, 2.45) is 17.8 Å². The summed E-state index contributed by atoms with van der Waals surface area (Å²) < 4.78 is 6.37. The number of allylic oxidation sites excluding steroid dienone is 2. The zero-order valence-corrected chi connectivity index (χ0v) is 16.7. The molecule has 0 amide bonds. The van der Waals surface area contributed by atoms with E-state index in [9.17, 15) is 0 Å². The Labute approximate surface area is 154 Å². The Hall–Kier alpha value is -0.470. The van der Waals surface area contributed by atoms with Crippen molar-refractivity contribution >= 4 is 33.1 Å². The van der Waals surface area contributed by atoms with Crippen LogP contribution in [0.1, 0.15) is 45.6 Å². The van der Waals surface area contributed by atoms with Gasteiger partial charge in [0.2, 0.25) is 0 Å². The van der Waals surface area contributed by atoms with Crippen LogP contribution in [-0.2, 0) is 0 Å². The van der Waals surface area contributed by atoms with Gasteiger partial charge >= 0.3 is 0 Å². The summed E-state index contributed by atoms with van der Waals surface area (Å²) in [7, 11) is 0. The lowest BCUT2D eigenvalue weighted by atomic mass is 9.75. The maximum Gasteiger partial charge on any atom is 0.119 e. The fourth-order valence-corrected chi connectivity index (χ4v) is 4.25. The Morgan fingerprint density at radius 1 is 1.30 bits per heavy atom. The lowest BCUT2D eigenvalue weighted by Crippen LogP contribution is -2.36. The van der Waals surface area contributed by atoms with Gasteiger partial charge in [-0.2, -0.15) is 0 Å². The highest BCUT2D eigenvalue weighted by Crippen LogP contribution is 2.36. The van der Waals surface area contributed by atoms with E-state index < -0.39 is 0 Å². The third kappa shape index (κ3) is 5.26. The molecule has 23 heavy (non-hydrogen) atoms. The van der Waals surface area contributed by atoms with Gasteiger partial charge in [-0.05, 0) is 53.9 Å². The SMILES string of the molecule is CC(C)[C@@H]1CC[C@@H](C)C[C@H]1Oc1ccc(/C(=C/CCl)CBr)cc1. The molecule has 0 aromatic heterocycles. The maximum absolute atomic E-state index is 6.37. The van der Waals surface area contributed by atoms with Crippen molar-refractivity contribution in [3.63, 3.8) is 0 Å². The number of alkyl halides is 2. The van der Waals surface area contributed by atoms with E-state index in [1.54, 1.807) is 0 Å². The molecule has 2 rings (SSSR count). The molecule has 0 saturated heterocycles. The first-order valence-corrected chi connectivity index (χ1v) is 10.3. The number of ether oxygens (including phenoxy) is 1. The number of rotatable bonds is 6. The number of halogens is 2. The van der Waals surface area contributed by atoms with Gasteiger partial charge in [-0.15, -0.1) is 11.6 Å². The minimum absolute atomic E-state index is 0.346. The lowest BCUT2D eigenvalue weighted by Gasteiger charge is -2.37. The summed E-state index contributed by atoms with van der Waals surface area (Å²) in [5, 5.41) is 0.815. The van der Waals surface area contributed by atoms with Crippen molar-refractivity contribution in [3.05, 3.63) is 35.9 Å². The number of hydrogen-bond donors (Lipinski definition) is 0. The largest absolute Gasteiger partial charge is 0.490 e. The van der Waals surface area contributed by atoms with Gasteiger partial charge < -0.3 is 4.74 Å². The van der Waals surface area contributed by atoms with Crippen LogP contribution in [0.4, 0.5) is 0 Å². The minimum atomic E-state index is 0.346.